The highest BCUT2D eigenvalue weighted by Crippen LogP contribution is 2.42. The number of aliphatic carboxylic acids is 3. The van der Waals surface area contributed by atoms with Crippen LogP contribution in [0.25, 0.3) is 0 Å². The fraction of sp³-hybridized carbons (Fsp3) is 0.667. The summed E-state index contributed by atoms with van der Waals surface area (Å²) in [6.45, 7) is 12.1. The van der Waals surface area contributed by atoms with Crippen LogP contribution in [0.1, 0.15) is 11.4 Å². The first-order valence-corrected chi connectivity index (χ1v) is 12.5. The fourth-order valence-electron chi connectivity index (χ4n) is 4.41. The summed E-state index contributed by atoms with van der Waals surface area (Å²) in [6.07, 6.45) is -15.3. The maximum Gasteiger partial charge on any atom is 0.490 e. The largest absolute Gasteiger partial charge is 0.490 e. The second-order valence-corrected chi connectivity index (χ2v) is 9.81. The minimum Gasteiger partial charge on any atom is -0.475 e. The molecule has 3 fully saturated rings. The van der Waals surface area contributed by atoms with Gasteiger partial charge in [-0.2, -0.15) is 39.5 Å². The zero-order chi connectivity index (χ0) is 33.9. The van der Waals surface area contributed by atoms with E-state index in [0.29, 0.717) is 11.3 Å². The normalized spacial score (nSPS) is 22.3. The van der Waals surface area contributed by atoms with Crippen LogP contribution in [-0.2, 0) is 30.4 Å². The van der Waals surface area contributed by atoms with Crippen LogP contribution in [0.4, 0.5) is 39.5 Å². The topological polar surface area (TPSA) is 150 Å². The summed E-state index contributed by atoms with van der Waals surface area (Å²) >= 11 is 0. The highest BCUT2D eigenvalue weighted by atomic mass is 19.4. The average Bonchev–Trinajstić information content (AvgIpc) is 3.40. The zero-order valence-electron chi connectivity index (χ0n) is 23.0. The lowest BCUT2D eigenvalue weighted by molar-refractivity contribution is -0.193. The summed E-state index contributed by atoms with van der Waals surface area (Å²) in [5.41, 5.74) is 2.60. The fourth-order valence-corrected chi connectivity index (χ4v) is 4.41. The summed E-state index contributed by atoms with van der Waals surface area (Å²) in [6, 6.07) is 6.32. The Morgan fingerprint density at radius 1 is 0.864 bits per heavy atom. The van der Waals surface area contributed by atoms with Crippen LogP contribution in [0.3, 0.4) is 0 Å². The van der Waals surface area contributed by atoms with Gasteiger partial charge in [0.15, 0.2) is 0 Å². The molecule has 0 aliphatic carbocycles. The number of rotatable bonds is 4. The molecule has 0 aromatic carbocycles. The number of hydrogen-bond acceptors (Lipinski definition) is 8. The molecule has 2 atom stereocenters. The number of likely N-dealkylation sites (tertiary alicyclic amines) is 1. The summed E-state index contributed by atoms with van der Waals surface area (Å²) in [5.74, 6) is -7.61. The molecule has 4 rings (SSSR count). The molecule has 0 bridgehead atoms. The lowest BCUT2D eigenvalue weighted by Crippen LogP contribution is -2.47. The van der Waals surface area contributed by atoms with Crippen LogP contribution in [0.15, 0.2) is 18.2 Å². The molecule has 20 heteroatoms. The van der Waals surface area contributed by atoms with Gasteiger partial charge in [-0.15, -0.1) is 0 Å². The molecule has 1 aromatic rings. The van der Waals surface area contributed by atoms with E-state index in [4.69, 9.17) is 39.2 Å². The van der Waals surface area contributed by atoms with E-state index in [1.165, 1.54) is 5.69 Å². The third kappa shape index (κ3) is 13.6. The molecule has 0 amide bonds. The number of morpholine rings is 1. The number of carboxylic acid groups (broad SMARTS) is 3. The number of aryl methyl sites for hydroxylation is 1. The van der Waals surface area contributed by atoms with Crippen molar-refractivity contribution in [3.8, 4) is 0 Å². The Balaban J connectivity index is 0.000000379. The van der Waals surface area contributed by atoms with E-state index in [0.717, 1.165) is 71.4 Å². The number of alkyl halides is 9. The molecule has 44 heavy (non-hydrogen) atoms. The molecular weight excluding hydrogens is 629 g/mol. The Labute approximate surface area is 244 Å². The van der Waals surface area contributed by atoms with Crippen LogP contribution < -0.4 is 0 Å². The number of nitrogens with zero attached hydrogens (tertiary/aromatic N) is 3. The standard InChI is InChI=1S/C18H27N3O2.3C2HF3O2/c1-15-3-2-4-17(19-15)10-21-9-16-11-23-14-18(16,13-21)12-20-5-7-22-8-6-20;3*3-2(4,5)1(6)7/h2-4,16H,5-14H2,1H3;3*(H,6,7)/t16-,18+;;;/m1.../s1. The number of fused-ring (bicyclic) bond motifs is 1. The highest BCUT2D eigenvalue weighted by Gasteiger charge is 2.51. The Bertz CT molecular complexity index is 1040. The van der Waals surface area contributed by atoms with Crippen molar-refractivity contribution in [1.29, 1.82) is 0 Å². The van der Waals surface area contributed by atoms with Gasteiger partial charge in [0.1, 0.15) is 0 Å². The summed E-state index contributed by atoms with van der Waals surface area (Å²) in [4.78, 5) is 36.5. The first-order valence-electron chi connectivity index (χ1n) is 12.5. The molecule has 3 aliphatic rings. The third-order valence-electron chi connectivity index (χ3n) is 6.29. The van der Waals surface area contributed by atoms with Gasteiger partial charge in [-0.3, -0.25) is 14.8 Å². The summed E-state index contributed by atoms with van der Waals surface area (Å²) in [7, 11) is 0. The maximum absolute atomic E-state index is 10.6. The van der Waals surface area contributed by atoms with E-state index < -0.39 is 36.4 Å². The molecule has 0 unspecified atom stereocenters. The lowest BCUT2D eigenvalue weighted by atomic mass is 9.80. The Hall–Kier alpha value is -3.23. The van der Waals surface area contributed by atoms with Crippen molar-refractivity contribution in [2.24, 2.45) is 11.3 Å². The van der Waals surface area contributed by atoms with Crippen LogP contribution in [-0.4, -0.2) is 126 Å². The quantitative estimate of drug-likeness (QED) is 0.410. The van der Waals surface area contributed by atoms with Gasteiger partial charge in [-0.25, -0.2) is 14.4 Å². The second kappa shape index (κ2) is 16.2. The Morgan fingerprint density at radius 3 is 1.77 bits per heavy atom. The molecular formula is C24H30F9N3O8. The number of halogens is 9. The lowest BCUT2D eigenvalue weighted by Gasteiger charge is -2.36. The van der Waals surface area contributed by atoms with Gasteiger partial charge in [0.25, 0.3) is 0 Å². The molecule has 3 saturated heterocycles. The van der Waals surface area contributed by atoms with Gasteiger partial charge in [-0.1, -0.05) is 6.07 Å². The van der Waals surface area contributed by atoms with Gasteiger partial charge in [-0.05, 0) is 19.1 Å². The molecule has 0 radical (unpaired) electrons. The molecule has 3 aliphatic heterocycles. The number of carboxylic acids is 3. The van der Waals surface area contributed by atoms with Crippen molar-refractivity contribution >= 4 is 17.9 Å². The van der Waals surface area contributed by atoms with Crippen LogP contribution >= 0.6 is 0 Å². The van der Waals surface area contributed by atoms with E-state index in [2.05, 4.69) is 39.9 Å². The van der Waals surface area contributed by atoms with Crippen molar-refractivity contribution in [3.05, 3.63) is 29.6 Å². The smallest absolute Gasteiger partial charge is 0.475 e. The number of ether oxygens (including phenoxy) is 2. The Kier molecular flexibility index (Phi) is 14.3. The van der Waals surface area contributed by atoms with Gasteiger partial charge in [0, 0.05) is 56.3 Å². The van der Waals surface area contributed by atoms with Gasteiger partial charge < -0.3 is 24.8 Å². The third-order valence-corrected chi connectivity index (χ3v) is 6.29. The molecule has 0 spiro atoms. The van der Waals surface area contributed by atoms with Crippen molar-refractivity contribution < 1.29 is 78.7 Å². The van der Waals surface area contributed by atoms with Crippen molar-refractivity contribution in [2.45, 2.75) is 32.0 Å². The molecule has 0 saturated carbocycles. The van der Waals surface area contributed by atoms with E-state index >= 15 is 0 Å². The van der Waals surface area contributed by atoms with Gasteiger partial charge in [0.05, 0.1) is 32.1 Å². The van der Waals surface area contributed by atoms with E-state index in [1.807, 2.05) is 0 Å². The molecule has 252 valence electrons. The minimum absolute atomic E-state index is 0.307. The predicted octanol–water partition coefficient (Wildman–Crippen LogP) is 3.07. The van der Waals surface area contributed by atoms with Gasteiger partial charge in [0.2, 0.25) is 0 Å². The number of hydrogen-bond donors (Lipinski definition) is 3. The molecule has 4 heterocycles. The maximum atomic E-state index is 10.6. The first kappa shape index (κ1) is 38.8. The number of pyridine rings is 1. The second-order valence-electron chi connectivity index (χ2n) is 9.81. The molecule has 3 N–H and O–H groups in total. The van der Waals surface area contributed by atoms with Crippen LogP contribution in [0.5, 0.6) is 0 Å². The highest BCUT2D eigenvalue weighted by molar-refractivity contribution is 5.73. The summed E-state index contributed by atoms with van der Waals surface area (Å²) in [5, 5.41) is 21.4. The predicted molar refractivity (Wildman–Crippen MR) is 129 cm³/mol. The first-order chi connectivity index (χ1) is 20.1. The zero-order valence-corrected chi connectivity index (χ0v) is 23.0. The number of aromatic nitrogens is 1. The van der Waals surface area contributed by atoms with Crippen LogP contribution in [0, 0.1) is 18.3 Å². The molecule has 11 nitrogen and oxygen atoms in total. The van der Waals surface area contributed by atoms with E-state index in [9.17, 15) is 39.5 Å². The SMILES string of the molecule is Cc1cccc(CN2C[C@@H]3COC[C@]3(CN3CCOCC3)C2)n1.O=C(O)C(F)(F)F.O=C(O)C(F)(F)F.O=C(O)C(F)(F)F. The minimum atomic E-state index is -5.08. The average molecular weight is 659 g/mol. The van der Waals surface area contributed by atoms with Crippen molar-refractivity contribution in [1.82, 2.24) is 14.8 Å². The van der Waals surface area contributed by atoms with Crippen molar-refractivity contribution in [3.63, 3.8) is 0 Å². The Morgan fingerprint density at radius 2 is 1.34 bits per heavy atom. The van der Waals surface area contributed by atoms with Crippen LogP contribution in [0.2, 0.25) is 0 Å². The van der Waals surface area contributed by atoms with E-state index in [-0.39, 0.29) is 0 Å². The van der Waals surface area contributed by atoms with E-state index in [1.54, 1.807) is 0 Å². The van der Waals surface area contributed by atoms with Gasteiger partial charge >= 0.3 is 36.4 Å². The van der Waals surface area contributed by atoms with Crippen molar-refractivity contribution in [2.75, 3.05) is 59.2 Å². The summed E-state index contributed by atoms with van der Waals surface area (Å²) < 4.78 is 107. The molecule has 1 aromatic heterocycles. The number of carbonyl (C=O) groups is 3. The monoisotopic (exact) mass is 659 g/mol.